The van der Waals surface area contributed by atoms with Crippen molar-refractivity contribution in [3.8, 4) is 0 Å². The molecule has 84 valence electrons. The minimum Gasteiger partial charge on any atom is -0.349 e. The van der Waals surface area contributed by atoms with Gasteiger partial charge < -0.3 is 4.90 Å². The van der Waals surface area contributed by atoms with Gasteiger partial charge in [0.25, 0.3) is 0 Å². The number of aromatic nitrogens is 1. The minimum atomic E-state index is 0.128. The van der Waals surface area contributed by atoms with E-state index in [4.69, 9.17) is 0 Å². The molecule has 1 aromatic heterocycles. The average molecular weight is 226 g/mol. The Hall–Kier alpha value is -0.900. The molecule has 1 aromatic rings. The molecule has 4 heteroatoms. The van der Waals surface area contributed by atoms with Crippen LogP contribution in [0.4, 0.5) is 5.13 Å². The van der Waals surface area contributed by atoms with E-state index in [1.54, 1.807) is 6.92 Å². The zero-order valence-electron chi connectivity index (χ0n) is 9.83. The van der Waals surface area contributed by atoms with Crippen LogP contribution in [0.5, 0.6) is 0 Å². The fourth-order valence-electron chi connectivity index (χ4n) is 1.48. The molecular weight excluding hydrogens is 208 g/mol. The maximum absolute atomic E-state index is 11.4. The van der Waals surface area contributed by atoms with Crippen LogP contribution in [0, 0.1) is 0 Å². The van der Waals surface area contributed by atoms with Crippen molar-refractivity contribution in [1.82, 2.24) is 4.98 Å². The lowest BCUT2D eigenvalue weighted by Gasteiger charge is -2.16. The van der Waals surface area contributed by atoms with E-state index in [2.05, 4.69) is 23.7 Å². The summed E-state index contributed by atoms with van der Waals surface area (Å²) in [7, 11) is 0. The van der Waals surface area contributed by atoms with E-state index in [1.165, 1.54) is 11.3 Å². The number of hydrogen-bond acceptors (Lipinski definition) is 4. The molecule has 0 aliphatic carbocycles. The lowest BCUT2D eigenvalue weighted by molar-refractivity contribution is 0.102. The largest absolute Gasteiger partial charge is 0.349 e. The van der Waals surface area contributed by atoms with E-state index < -0.39 is 0 Å². The van der Waals surface area contributed by atoms with Gasteiger partial charge in [0.2, 0.25) is 0 Å². The third kappa shape index (κ3) is 2.56. The summed E-state index contributed by atoms with van der Waals surface area (Å²) in [5.41, 5.74) is 0.939. The first-order valence-electron chi connectivity index (χ1n) is 5.39. The normalized spacial score (nSPS) is 10.4. The summed E-state index contributed by atoms with van der Waals surface area (Å²) < 4.78 is 0. The van der Waals surface area contributed by atoms with Gasteiger partial charge >= 0.3 is 0 Å². The maximum atomic E-state index is 11.4. The quantitative estimate of drug-likeness (QED) is 0.724. The van der Waals surface area contributed by atoms with Crippen molar-refractivity contribution in [3.63, 3.8) is 0 Å². The number of thiazole rings is 1. The fraction of sp³-hybridized carbons (Fsp3) is 0.636. The third-order valence-electron chi connectivity index (χ3n) is 2.37. The fourth-order valence-corrected chi connectivity index (χ4v) is 2.66. The zero-order valence-corrected chi connectivity index (χ0v) is 10.6. The Labute approximate surface area is 95.1 Å². The van der Waals surface area contributed by atoms with Gasteiger partial charge in [0.1, 0.15) is 0 Å². The lowest BCUT2D eigenvalue weighted by atomic mass is 10.2. The summed E-state index contributed by atoms with van der Waals surface area (Å²) >= 11 is 1.51. The number of nitrogens with zero attached hydrogens (tertiary/aromatic N) is 2. The van der Waals surface area contributed by atoms with E-state index in [-0.39, 0.29) is 5.78 Å². The summed E-state index contributed by atoms with van der Waals surface area (Å²) in [4.78, 5) is 18.9. The molecular formula is C11H18N2OS. The molecule has 0 bridgehead atoms. The molecule has 15 heavy (non-hydrogen) atoms. The highest BCUT2D eigenvalue weighted by atomic mass is 32.1. The highest BCUT2D eigenvalue weighted by Crippen LogP contribution is 2.26. The van der Waals surface area contributed by atoms with Crippen molar-refractivity contribution < 1.29 is 4.79 Å². The Morgan fingerprint density at radius 1 is 1.33 bits per heavy atom. The Bertz CT molecular complexity index is 342. The van der Waals surface area contributed by atoms with E-state index in [0.29, 0.717) is 0 Å². The number of carbonyl (C=O) groups excluding carboxylic acids is 1. The van der Waals surface area contributed by atoms with Crippen molar-refractivity contribution in [3.05, 3.63) is 10.6 Å². The van der Waals surface area contributed by atoms with Crippen LogP contribution >= 0.6 is 11.3 Å². The first kappa shape index (κ1) is 12.2. The monoisotopic (exact) mass is 226 g/mol. The summed E-state index contributed by atoms with van der Waals surface area (Å²) in [5.74, 6) is 0.128. The molecule has 0 unspecified atom stereocenters. The second kappa shape index (κ2) is 5.26. The number of aryl methyl sites for hydroxylation is 1. The predicted molar refractivity (Wildman–Crippen MR) is 65.1 cm³/mol. The number of carbonyl (C=O) groups is 1. The highest BCUT2D eigenvalue weighted by Gasteiger charge is 2.15. The molecule has 3 nitrogen and oxygen atoms in total. The molecule has 0 N–H and O–H groups in total. The Kier molecular flexibility index (Phi) is 4.27. The van der Waals surface area contributed by atoms with E-state index in [9.17, 15) is 4.79 Å². The topological polar surface area (TPSA) is 33.2 Å². The first-order valence-corrected chi connectivity index (χ1v) is 6.21. The van der Waals surface area contributed by atoms with Gasteiger partial charge in [-0.1, -0.05) is 18.3 Å². The molecule has 0 saturated carbocycles. The number of ketones is 1. The molecule has 1 heterocycles. The van der Waals surface area contributed by atoms with Crippen LogP contribution in [0.1, 0.15) is 43.1 Å². The summed E-state index contributed by atoms with van der Waals surface area (Å²) in [6.07, 6.45) is 0.826. The predicted octanol–water partition coefficient (Wildman–Crippen LogP) is 2.75. The van der Waals surface area contributed by atoms with Crippen molar-refractivity contribution >= 4 is 22.3 Å². The van der Waals surface area contributed by atoms with Crippen LogP contribution in [0.25, 0.3) is 0 Å². The van der Waals surface area contributed by atoms with Gasteiger partial charge in [0, 0.05) is 20.0 Å². The second-order valence-electron chi connectivity index (χ2n) is 3.35. The zero-order chi connectivity index (χ0) is 11.4. The molecule has 1 rings (SSSR count). The van der Waals surface area contributed by atoms with E-state index in [1.807, 2.05) is 6.92 Å². The van der Waals surface area contributed by atoms with Crippen LogP contribution in [0.15, 0.2) is 0 Å². The van der Waals surface area contributed by atoms with Crippen molar-refractivity contribution in [2.75, 3.05) is 18.0 Å². The standard InChI is InChI=1S/C11H18N2OS/c1-5-9-10(8(4)14)15-11(12-9)13(6-2)7-3/h5-7H2,1-4H3. The molecule has 0 radical (unpaired) electrons. The number of anilines is 1. The van der Waals surface area contributed by atoms with Gasteiger partial charge in [-0.2, -0.15) is 0 Å². The number of rotatable bonds is 5. The highest BCUT2D eigenvalue weighted by molar-refractivity contribution is 7.17. The van der Waals surface area contributed by atoms with Gasteiger partial charge in [-0.05, 0) is 20.3 Å². The molecule has 0 aliphatic rings. The minimum absolute atomic E-state index is 0.128. The smallest absolute Gasteiger partial charge is 0.186 e. The summed E-state index contributed by atoms with van der Waals surface area (Å²) in [5, 5.41) is 0.974. The van der Waals surface area contributed by atoms with Crippen LogP contribution < -0.4 is 4.90 Å². The van der Waals surface area contributed by atoms with Crippen LogP contribution in [-0.4, -0.2) is 23.9 Å². The Morgan fingerprint density at radius 2 is 1.93 bits per heavy atom. The number of Topliss-reactive ketones (excluding diaryl/α,β-unsaturated/α-hetero) is 1. The van der Waals surface area contributed by atoms with Crippen LogP contribution in [0.2, 0.25) is 0 Å². The third-order valence-corrected chi connectivity index (χ3v) is 3.63. The molecule has 0 aliphatic heterocycles. The molecule has 0 saturated heterocycles. The molecule has 0 aromatic carbocycles. The second-order valence-corrected chi connectivity index (χ2v) is 4.33. The Morgan fingerprint density at radius 3 is 2.27 bits per heavy atom. The van der Waals surface area contributed by atoms with Crippen LogP contribution in [0.3, 0.4) is 0 Å². The molecule has 0 amide bonds. The molecule has 0 atom stereocenters. The van der Waals surface area contributed by atoms with Crippen LogP contribution in [-0.2, 0) is 6.42 Å². The lowest BCUT2D eigenvalue weighted by Crippen LogP contribution is -2.21. The van der Waals surface area contributed by atoms with E-state index >= 15 is 0 Å². The van der Waals surface area contributed by atoms with Gasteiger partial charge in [0.15, 0.2) is 10.9 Å². The van der Waals surface area contributed by atoms with E-state index in [0.717, 1.165) is 35.2 Å². The van der Waals surface area contributed by atoms with Gasteiger partial charge in [-0.25, -0.2) is 4.98 Å². The first-order chi connectivity index (χ1) is 7.13. The Balaban J connectivity index is 3.06. The van der Waals surface area contributed by atoms with Crippen molar-refractivity contribution in [2.45, 2.75) is 34.1 Å². The number of hydrogen-bond donors (Lipinski definition) is 0. The maximum Gasteiger partial charge on any atom is 0.186 e. The summed E-state index contributed by atoms with van der Waals surface area (Å²) in [6.45, 7) is 9.72. The molecule has 0 spiro atoms. The van der Waals surface area contributed by atoms with Gasteiger partial charge in [0.05, 0.1) is 10.6 Å². The van der Waals surface area contributed by atoms with Crippen molar-refractivity contribution in [1.29, 1.82) is 0 Å². The summed E-state index contributed by atoms with van der Waals surface area (Å²) in [6, 6.07) is 0. The van der Waals surface area contributed by atoms with Gasteiger partial charge in [-0.3, -0.25) is 4.79 Å². The SMILES string of the molecule is CCc1nc(N(CC)CC)sc1C(C)=O. The van der Waals surface area contributed by atoms with Crippen molar-refractivity contribution in [2.24, 2.45) is 0 Å². The van der Waals surface area contributed by atoms with Gasteiger partial charge in [-0.15, -0.1) is 0 Å². The average Bonchev–Trinajstić information content (AvgIpc) is 2.64. The molecule has 0 fully saturated rings.